The van der Waals surface area contributed by atoms with E-state index in [-0.39, 0.29) is 24.2 Å². The Labute approximate surface area is 196 Å². The smallest absolute Gasteiger partial charge is 0.257 e. The summed E-state index contributed by atoms with van der Waals surface area (Å²) in [5.74, 6) is 0.323. The van der Waals surface area contributed by atoms with Gasteiger partial charge in [-0.05, 0) is 25.3 Å². The number of fused-ring (bicyclic) bond motifs is 2. The first-order valence-corrected chi connectivity index (χ1v) is 11.4. The molecule has 1 aromatic carbocycles. The van der Waals surface area contributed by atoms with E-state index in [1.165, 1.54) is 6.20 Å². The van der Waals surface area contributed by atoms with E-state index in [0.29, 0.717) is 48.3 Å². The third kappa shape index (κ3) is 4.90. The summed E-state index contributed by atoms with van der Waals surface area (Å²) in [7, 11) is 0. The standard InChI is InChI=1S/C24H29N5O5/c1-4-29-11-17(22(30)16-8-20-21(9-19(16)29)34-13-33-20)23(31)28-18(7-14(2)3)24(32)26-6-5-15-10-25-12-27-15/h8-12,14,18H,4-7,13H2,1-3H3,(H,25,27)(H,26,32)(H,28,31)/t18-/m0/s1. The van der Waals surface area contributed by atoms with Crippen LogP contribution in [-0.2, 0) is 17.8 Å². The summed E-state index contributed by atoms with van der Waals surface area (Å²) in [6.07, 6.45) is 5.85. The molecular formula is C24H29N5O5. The van der Waals surface area contributed by atoms with Crippen molar-refractivity contribution in [3.8, 4) is 11.5 Å². The molecule has 4 rings (SSSR count). The number of carbonyl (C=O) groups is 2. The average molecular weight is 468 g/mol. The number of nitrogens with one attached hydrogen (secondary N) is 3. The number of benzene rings is 1. The lowest BCUT2D eigenvalue weighted by molar-refractivity contribution is -0.123. The first kappa shape index (κ1) is 23.3. The monoisotopic (exact) mass is 467 g/mol. The number of ether oxygens (including phenoxy) is 2. The van der Waals surface area contributed by atoms with Gasteiger partial charge in [-0.3, -0.25) is 14.4 Å². The molecular weight excluding hydrogens is 438 g/mol. The number of hydrogen-bond donors (Lipinski definition) is 3. The Bertz CT molecular complexity index is 1250. The highest BCUT2D eigenvalue weighted by Crippen LogP contribution is 2.35. The van der Waals surface area contributed by atoms with Crippen LogP contribution in [0.2, 0.25) is 0 Å². The van der Waals surface area contributed by atoms with Gasteiger partial charge in [-0.25, -0.2) is 4.98 Å². The third-order valence-corrected chi connectivity index (χ3v) is 5.74. The number of aromatic nitrogens is 3. The van der Waals surface area contributed by atoms with Crippen molar-refractivity contribution in [2.24, 2.45) is 5.92 Å². The molecule has 0 saturated carbocycles. The molecule has 34 heavy (non-hydrogen) atoms. The van der Waals surface area contributed by atoms with Gasteiger partial charge < -0.3 is 29.7 Å². The number of aromatic amines is 1. The van der Waals surface area contributed by atoms with E-state index in [2.05, 4.69) is 20.6 Å². The normalized spacial score (nSPS) is 13.3. The summed E-state index contributed by atoms with van der Waals surface area (Å²) in [5, 5.41) is 6.00. The van der Waals surface area contributed by atoms with Gasteiger partial charge in [0.25, 0.3) is 5.91 Å². The fraction of sp³-hybridized carbons (Fsp3) is 0.417. The molecule has 0 radical (unpaired) electrons. The lowest BCUT2D eigenvalue weighted by atomic mass is 10.0. The molecule has 2 amide bonds. The average Bonchev–Trinajstić information content (AvgIpc) is 3.49. The Hall–Kier alpha value is -3.82. The number of H-pyrrole nitrogens is 1. The summed E-state index contributed by atoms with van der Waals surface area (Å²) in [4.78, 5) is 46.2. The van der Waals surface area contributed by atoms with Crippen LogP contribution in [0.15, 0.2) is 35.6 Å². The van der Waals surface area contributed by atoms with Crippen LogP contribution in [0.25, 0.3) is 10.9 Å². The van der Waals surface area contributed by atoms with Crippen LogP contribution in [0.3, 0.4) is 0 Å². The number of hydrogen-bond acceptors (Lipinski definition) is 6. The van der Waals surface area contributed by atoms with Crippen molar-refractivity contribution in [3.05, 3.63) is 52.3 Å². The molecule has 0 aliphatic carbocycles. The zero-order valence-electron chi connectivity index (χ0n) is 19.5. The van der Waals surface area contributed by atoms with Crippen molar-refractivity contribution in [2.75, 3.05) is 13.3 Å². The van der Waals surface area contributed by atoms with Crippen LogP contribution in [-0.4, -0.2) is 45.7 Å². The number of amides is 2. The molecule has 2 aromatic heterocycles. The van der Waals surface area contributed by atoms with Crippen LogP contribution < -0.4 is 25.5 Å². The molecule has 1 atom stereocenters. The molecule has 3 N–H and O–H groups in total. The molecule has 10 heteroatoms. The van der Waals surface area contributed by atoms with Crippen LogP contribution in [0.4, 0.5) is 0 Å². The number of imidazole rings is 1. The van der Waals surface area contributed by atoms with Crippen LogP contribution in [0, 0.1) is 5.92 Å². The topological polar surface area (TPSA) is 127 Å². The van der Waals surface area contributed by atoms with E-state index in [1.807, 2.05) is 25.3 Å². The van der Waals surface area contributed by atoms with Gasteiger partial charge in [0.05, 0.1) is 17.2 Å². The Morgan fingerprint density at radius 3 is 2.68 bits per heavy atom. The van der Waals surface area contributed by atoms with Gasteiger partial charge in [0, 0.05) is 43.7 Å². The second-order valence-corrected chi connectivity index (χ2v) is 8.65. The molecule has 0 unspecified atom stereocenters. The number of pyridine rings is 1. The quantitative estimate of drug-likeness (QED) is 0.442. The minimum atomic E-state index is -0.767. The van der Waals surface area contributed by atoms with Crippen molar-refractivity contribution >= 4 is 22.7 Å². The minimum absolute atomic E-state index is 0.0211. The molecule has 3 heterocycles. The van der Waals surface area contributed by atoms with Crippen LogP contribution in [0.5, 0.6) is 11.5 Å². The molecule has 1 aliphatic heterocycles. The predicted octanol–water partition coefficient (Wildman–Crippen LogP) is 1.98. The van der Waals surface area contributed by atoms with E-state index < -0.39 is 17.4 Å². The Balaban J connectivity index is 1.56. The Morgan fingerprint density at radius 1 is 1.24 bits per heavy atom. The van der Waals surface area contributed by atoms with E-state index in [4.69, 9.17) is 9.47 Å². The van der Waals surface area contributed by atoms with Gasteiger partial charge in [0.1, 0.15) is 11.6 Å². The van der Waals surface area contributed by atoms with Gasteiger partial charge in [-0.1, -0.05) is 13.8 Å². The summed E-state index contributed by atoms with van der Waals surface area (Å²) in [6, 6.07) is 2.59. The summed E-state index contributed by atoms with van der Waals surface area (Å²) in [6.45, 7) is 6.90. The van der Waals surface area contributed by atoms with Gasteiger partial charge in [0.15, 0.2) is 11.5 Å². The lowest BCUT2D eigenvalue weighted by Gasteiger charge is -2.20. The fourth-order valence-corrected chi connectivity index (χ4v) is 4.01. The molecule has 180 valence electrons. The molecule has 10 nitrogen and oxygen atoms in total. The van der Waals surface area contributed by atoms with E-state index >= 15 is 0 Å². The van der Waals surface area contributed by atoms with Gasteiger partial charge >= 0.3 is 0 Å². The molecule has 1 aliphatic rings. The summed E-state index contributed by atoms with van der Waals surface area (Å²) in [5.41, 5.74) is 1.12. The van der Waals surface area contributed by atoms with Crippen molar-refractivity contribution in [1.82, 2.24) is 25.2 Å². The SMILES string of the molecule is CCn1cc(C(=O)N[C@@H](CC(C)C)C(=O)NCCc2cnc[nH]2)c(=O)c2cc3c(cc21)OCO3. The van der Waals surface area contributed by atoms with Crippen molar-refractivity contribution in [1.29, 1.82) is 0 Å². The number of nitrogens with zero attached hydrogens (tertiary/aromatic N) is 2. The number of aryl methyl sites for hydroxylation is 1. The summed E-state index contributed by atoms with van der Waals surface area (Å²) >= 11 is 0. The summed E-state index contributed by atoms with van der Waals surface area (Å²) < 4.78 is 12.7. The van der Waals surface area contributed by atoms with E-state index in [1.54, 1.807) is 24.7 Å². The lowest BCUT2D eigenvalue weighted by Crippen LogP contribution is -2.48. The highest BCUT2D eigenvalue weighted by Gasteiger charge is 2.25. The molecule has 0 fully saturated rings. The largest absolute Gasteiger partial charge is 0.454 e. The minimum Gasteiger partial charge on any atom is -0.454 e. The molecule has 3 aromatic rings. The second-order valence-electron chi connectivity index (χ2n) is 8.65. The predicted molar refractivity (Wildman–Crippen MR) is 126 cm³/mol. The zero-order chi connectivity index (χ0) is 24.2. The molecule has 0 spiro atoms. The molecule has 0 saturated heterocycles. The highest BCUT2D eigenvalue weighted by molar-refractivity contribution is 6.00. The zero-order valence-corrected chi connectivity index (χ0v) is 19.5. The fourth-order valence-electron chi connectivity index (χ4n) is 4.01. The Kier molecular flexibility index (Phi) is 6.85. The maximum absolute atomic E-state index is 13.2. The maximum Gasteiger partial charge on any atom is 0.257 e. The van der Waals surface area contributed by atoms with Crippen LogP contribution >= 0.6 is 0 Å². The van der Waals surface area contributed by atoms with E-state index in [0.717, 1.165) is 5.69 Å². The number of carbonyl (C=O) groups excluding carboxylic acids is 2. The number of rotatable bonds is 9. The molecule has 0 bridgehead atoms. The van der Waals surface area contributed by atoms with Crippen LogP contribution in [0.1, 0.15) is 43.2 Å². The van der Waals surface area contributed by atoms with Crippen molar-refractivity contribution in [3.63, 3.8) is 0 Å². The second kappa shape index (κ2) is 9.98. The van der Waals surface area contributed by atoms with Gasteiger partial charge in [-0.15, -0.1) is 0 Å². The first-order chi connectivity index (χ1) is 16.4. The van der Waals surface area contributed by atoms with Gasteiger partial charge in [-0.2, -0.15) is 0 Å². The third-order valence-electron chi connectivity index (χ3n) is 5.74. The maximum atomic E-state index is 13.2. The van der Waals surface area contributed by atoms with Crippen molar-refractivity contribution < 1.29 is 19.1 Å². The highest BCUT2D eigenvalue weighted by atomic mass is 16.7. The Morgan fingerprint density at radius 2 is 2.00 bits per heavy atom. The first-order valence-electron chi connectivity index (χ1n) is 11.4. The van der Waals surface area contributed by atoms with Gasteiger partial charge in [0.2, 0.25) is 18.1 Å². The van der Waals surface area contributed by atoms with Crippen molar-refractivity contribution in [2.45, 2.75) is 46.2 Å². The van der Waals surface area contributed by atoms with E-state index in [9.17, 15) is 14.4 Å².